The van der Waals surface area contributed by atoms with Gasteiger partial charge in [-0.25, -0.2) is 0 Å². The molecule has 27 heavy (non-hydrogen) atoms. The summed E-state index contributed by atoms with van der Waals surface area (Å²) in [5.74, 6) is 0.0391. The maximum atomic E-state index is 13.3. The van der Waals surface area contributed by atoms with Gasteiger partial charge in [-0.05, 0) is 22.8 Å². The summed E-state index contributed by atoms with van der Waals surface area (Å²) in [5, 5.41) is 0. The van der Waals surface area contributed by atoms with E-state index in [0.29, 0.717) is 30.5 Å². The van der Waals surface area contributed by atoms with Crippen LogP contribution in [0.4, 0.5) is 0 Å². The van der Waals surface area contributed by atoms with Crippen LogP contribution in [0.25, 0.3) is 17.3 Å². The number of benzene rings is 1. The minimum absolute atomic E-state index is 0. The highest BCUT2D eigenvalue weighted by Crippen LogP contribution is 2.39. The van der Waals surface area contributed by atoms with E-state index in [2.05, 4.69) is 11.1 Å². The summed E-state index contributed by atoms with van der Waals surface area (Å²) in [5.41, 5.74) is 6.08. The molecule has 0 unspecified atom stereocenters. The third-order valence-corrected chi connectivity index (χ3v) is 5.17. The predicted molar refractivity (Wildman–Crippen MR) is 108 cm³/mol. The Morgan fingerprint density at radius 1 is 1.07 bits per heavy atom. The average Bonchev–Trinajstić information content (AvgIpc) is 3.05. The lowest BCUT2D eigenvalue weighted by molar-refractivity contribution is 0.0993. The Morgan fingerprint density at radius 2 is 1.93 bits per heavy atom. The van der Waals surface area contributed by atoms with Crippen molar-refractivity contribution in [3.8, 4) is 11.3 Å². The maximum Gasteiger partial charge on any atom is 0.259 e. The number of nitrogens with zero attached hydrogens (tertiary/aromatic N) is 2. The number of carbonyl (C=O) groups is 1. The van der Waals surface area contributed by atoms with Gasteiger partial charge in [0.05, 0.1) is 17.8 Å². The van der Waals surface area contributed by atoms with Gasteiger partial charge in [0.15, 0.2) is 5.78 Å². The molecule has 5 heteroatoms. The summed E-state index contributed by atoms with van der Waals surface area (Å²) >= 11 is 0. The number of aromatic nitrogens is 2. The van der Waals surface area contributed by atoms with E-state index >= 15 is 0 Å². The van der Waals surface area contributed by atoms with Crippen molar-refractivity contribution in [3.63, 3.8) is 0 Å². The van der Waals surface area contributed by atoms with Crippen molar-refractivity contribution in [1.82, 2.24) is 9.55 Å². The molecule has 0 spiro atoms. The molecule has 0 saturated carbocycles. The van der Waals surface area contributed by atoms with Gasteiger partial charge in [0.25, 0.3) is 5.56 Å². The first-order valence-electron chi connectivity index (χ1n) is 8.70. The summed E-state index contributed by atoms with van der Waals surface area (Å²) in [7, 11) is 0. The fourth-order valence-corrected chi connectivity index (χ4v) is 4.06. The van der Waals surface area contributed by atoms with Crippen LogP contribution < -0.4 is 5.56 Å². The third-order valence-electron chi connectivity index (χ3n) is 5.17. The van der Waals surface area contributed by atoms with Crippen molar-refractivity contribution in [1.29, 1.82) is 0 Å². The molecule has 0 saturated heterocycles. The predicted octanol–water partition coefficient (Wildman–Crippen LogP) is 3.88. The lowest BCUT2D eigenvalue weighted by Crippen LogP contribution is -2.29. The number of rotatable bonds is 2. The van der Waals surface area contributed by atoms with Gasteiger partial charge >= 0.3 is 0 Å². The Hall–Kier alpha value is -2.98. The number of pyridine rings is 2. The van der Waals surface area contributed by atoms with Crippen LogP contribution in [0.5, 0.6) is 0 Å². The highest BCUT2D eigenvalue weighted by molar-refractivity contribution is 6.05. The van der Waals surface area contributed by atoms with Gasteiger partial charge in [0.2, 0.25) is 0 Å². The van der Waals surface area contributed by atoms with E-state index < -0.39 is 0 Å². The number of ketones is 1. The molecule has 0 amide bonds. The van der Waals surface area contributed by atoms with Gasteiger partial charge in [-0.2, -0.15) is 0 Å². The van der Waals surface area contributed by atoms with Crippen LogP contribution in [0.2, 0.25) is 0 Å². The molecule has 0 fully saturated rings. The molecule has 134 valence electrons. The summed E-state index contributed by atoms with van der Waals surface area (Å²) in [6.07, 6.45) is 8.15. The Morgan fingerprint density at radius 3 is 2.74 bits per heavy atom. The monoisotopic (exact) mass is 376 g/mol. The summed E-state index contributed by atoms with van der Waals surface area (Å²) in [4.78, 5) is 30.0. The third kappa shape index (κ3) is 2.64. The Kier molecular flexibility index (Phi) is 4.28. The van der Waals surface area contributed by atoms with Crippen molar-refractivity contribution in [2.45, 2.75) is 19.4 Å². The van der Waals surface area contributed by atoms with Gasteiger partial charge in [-0.15, -0.1) is 12.4 Å². The van der Waals surface area contributed by atoms with E-state index in [1.807, 2.05) is 36.4 Å². The van der Waals surface area contributed by atoms with E-state index in [-0.39, 0.29) is 23.7 Å². The first-order valence-corrected chi connectivity index (χ1v) is 8.70. The first-order chi connectivity index (χ1) is 12.7. The lowest BCUT2D eigenvalue weighted by Gasteiger charge is -2.19. The summed E-state index contributed by atoms with van der Waals surface area (Å²) in [6.45, 7) is 0.443. The quantitative estimate of drug-likeness (QED) is 0.533. The first kappa shape index (κ1) is 17.4. The van der Waals surface area contributed by atoms with Gasteiger partial charge in [0, 0.05) is 36.4 Å². The van der Waals surface area contributed by atoms with Crippen molar-refractivity contribution >= 4 is 24.3 Å². The van der Waals surface area contributed by atoms with E-state index in [0.717, 1.165) is 27.9 Å². The van der Waals surface area contributed by atoms with Crippen molar-refractivity contribution in [2.75, 3.05) is 0 Å². The zero-order chi connectivity index (χ0) is 17.7. The SMILES string of the molecule is Cl.O=C1CC=Cc2c1c1c(n(Cc3cccnc3)c2=O)-c2ccccc2C1. The highest BCUT2D eigenvalue weighted by atomic mass is 35.5. The van der Waals surface area contributed by atoms with Crippen LogP contribution in [0.3, 0.4) is 0 Å². The molecule has 1 aromatic carbocycles. The number of allylic oxidation sites excluding steroid dienone is 1. The van der Waals surface area contributed by atoms with Gasteiger partial charge in [-0.1, -0.05) is 42.5 Å². The molecule has 0 aliphatic heterocycles. The maximum absolute atomic E-state index is 13.3. The van der Waals surface area contributed by atoms with E-state index in [4.69, 9.17) is 0 Å². The molecular weight excluding hydrogens is 360 g/mol. The standard InChI is InChI=1S/C22H16N2O2.ClH/c25-19-9-3-8-17-20(19)18-11-15-6-1-2-7-16(15)21(18)24(22(17)26)13-14-5-4-10-23-12-14;/h1-8,10,12H,9,11,13H2;1H. The largest absolute Gasteiger partial charge is 0.303 e. The number of hydrogen-bond donors (Lipinski definition) is 0. The molecular formula is C22H17ClN2O2. The molecule has 2 aromatic heterocycles. The fourth-order valence-electron chi connectivity index (χ4n) is 4.06. The Balaban J connectivity index is 0.00000180. The topological polar surface area (TPSA) is 52.0 Å². The minimum atomic E-state index is -0.108. The van der Waals surface area contributed by atoms with Crippen molar-refractivity contribution < 1.29 is 4.79 Å². The molecule has 0 bridgehead atoms. The molecule has 2 aliphatic carbocycles. The van der Waals surface area contributed by atoms with Crippen LogP contribution in [-0.4, -0.2) is 15.3 Å². The molecule has 0 atom stereocenters. The smallest absolute Gasteiger partial charge is 0.259 e. The molecule has 3 aromatic rings. The zero-order valence-electron chi connectivity index (χ0n) is 14.5. The number of halogens is 1. The molecule has 5 rings (SSSR count). The normalized spacial score (nSPS) is 13.6. The second-order valence-corrected chi connectivity index (χ2v) is 6.73. The molecule has 0 radical (unpaired) electrons. The average molecular weight is 377 g/mol. The van der Waals surface area contributed by atoms with Crippen LogP contribution >= 0.6 is 12.4 Å². The van der Waals surface area contributed by atoms with E-state index in [9.17, 15) is 9.59 Å². The second-order valence-electron chi connectivity index (χ2n) is 6.73. The second kappa shape index (κ2) is 6.63. The van der Waals surface area contributed by atoms with E-state index in [1.54, 1.807) is 23.0 Å². The highest BCUT2D eigenvalue weighted by Gasteiger charge is 2.31. The minimum Gasteiger partial charge on any atom is -0.303 e. The van der Waals surface area contributed by atoms with Crippen molar-refractivity contribution in [2.24, 2.45) is 0 Å². The number of carbonyl (C=O) groups excluding carboxylic acids is 1. The van der Waals surface area contributed by atoms with Crippen LogP contribution in [-0.2, 0) is 13.0 Å². The number of fused-ring (bicyclic) bond motifs is 5. The van der Waals surface area contributed by atoms with Crippen LogP contribution in [0, 0.1) is 0 Å². The van der Waals surface area contributed by atoms with Gasteiger partial charge in [0.1, 0.15) is 0 Å². The van der Waals surface area contributed by atoms with Gasteiger partial charge in [-0.3, -0.25) is 14.6 Å². The number of hydrogen-bond acceptors (Lipinski definition) is 3. The fraction of sp³-hybridized carbons (Fsp3) is 0.136. The molecule has 0 N–H and O–H groups in total. The molecule has 2 heterocycles. The lowest BCUT2D eigenvalue weighted by atomic mass is 9.91. The Labute approximate surface area is 162 Å². The molecule has 2 aliphatic rings. The summed E-state index contributed by atoms with van der Waals surface area (Å²) in [6, 6.07) is 11.9. The Bertz CT molecular complexity index is 1150. The zero-order valence-corrected chi connectivity index (χ0v) is 15.3. The van der Waals surface area contributed by atoms with E-state index in [1.165, 1.54) is 0 Å². The van der Waals surface area contributed by atoms with Crippen LogP contribution in [0.15, 0.2) is 59.7 Å². The van der Waals surface area contributed by atoms with Gasteiger partial charge < -0.3 is 4.57 Å². The number of Topliss-reactive ketones (excluding diaryl/α,β-unsaturated/α-hetero) is 1. The van der Waals surface area contributed by atoms with Crippen molar-refractivity contribution in [3.05, 3.63) is 93.0 Å². The summed E-state index contributed by atoms with van der Waals surface area (Å²) < 4.78 is 1.81. The van der Waals surface area contributed by atoms with Crippen LogP contribution in [0.1, 0.15) is 39.0 Å². The molecule has 4 nitrogen and oxygen atoms in total.